The highest BCUT2D eigenvalue weighted by Gasteiger charge is 2.32. The highest BCUT2D eigenvalue weighted by Crippen LogP contribution is 2.28. The summed E-state index contributed by atoms with van der Waals surface area (Å²) in [5.41, 5.74) is 1.54. The molecular formula is C17H21NO3. The number of amides is 1. The van der Waals surface area contributed by atoms with E-state index in [0.717, 1.165) is 18.4 Å². The number of carbonyl (C=O) groups excluding carboxylic acids is 1. The predicted molar refractivity (Wildman–Crippen MR) is 81.0 cm³/mol. The number of nitrogens with zero attached hydrogens (tertiary/aromatic N) is 1. The van der Waals surface area contributed by atoms with E-state index < -0.39 is 0 Å². The number of methoxy groups -OCH3 is 1. The van der Waals surface area contributed by atoms with Crippen LogP contribution in [0.25, 0.3) is 0 Å². The molecule has 4 nitrogen and oxygen atoms in total. The molecule has 1 aromatic carbocycles. The summed E-state index contributed by atoms with van der Waals surface area (Å²) in [4.78, 5) is 14.4. The standard InChI is InChI=1S/C17H21NO3/c1-21-13-11-18(16-9-10-16)17(20)15-7-5-14(6-8-15)4-2-3-12-19/h5-8,16,19H,3,9-13H2,1H3. The summed E-state index contributed by atoms with van der Waals surface area (Å²) in [7, 11) is 1.65. The lowest BCUT2D eigenvalue weighted by Crippen LogP contribution is -2.35. The number of aliphatic hydroxyl groups is 1. The largest absolute Gasteiger partial charge is 0.395 e. The van der Waals surface area contributed by atoms with Gasteiger partial charge >= 0.3 is 0 Å². The molecule has 1 N–H and O–H groups in total. The molecule has 2 rings (SSSR count). The molecule has 1 aliphatic carbocycles. The Morgan fingerprint density at radius 3 is 2.67 bits per heavy atom. The molecule has 0 atom stereocenters. The van der Waals surface area contributed by atoms with Gasteiger partial charge < -0.3 is 14.7 Å². The molecule has 0 aliphatic heterocycles. The summed E-state index contributed by atoms with van der Waals surface area (Å²) in [6, 6.07) is 7.69. The van der Waals surface area contributed by atoms with Crippen molar-refractivity contribution >= 4 is 5.91 Å². The minimum Gasteiger partial charge on any atom is -0.395 e. The van der Waals surface area contributed by atoms with Crippen molar-refractivity contribution in [2.24, 2.45) is 0 Å². The van der Waals surface area contributed by atoms with Crippen LogP contribution in [0.4, 0.5) is 0 Å². The number of aliphatic hydroxyl groups excluding tert-OH is 1. The lowest BCUT2D eigenvalue weighted by Gasteiger charge is -2.22. The number of carbonyl (C=O) groups is 1. The van der Waals surface area contributed by atoms with Crippen molar-refractivity contribution < 1.29 is 14.6 Å². The van der Waals surface area contributed by atoms with Crippen molar-refractivity contribution in [1.82, 2.24) is 4.90 Å². The van der Waals surface area contributed by atoms with E-state index in [2.05, 4.69) is 11.8 Å². The Morgan fingerprint density at radius 2 is 2.10 bits per heavy atom. The molecule has 21 heavy (non-hydrogen) atoms. The molecular weight excluding hydrogens is 266 g/mol. The van der Waals surface area contributed by atoms with Gasteiger partial charge in [0, 0.05) is 37.2 Å². The van der Waals surface area contributed by atoms with Gasteiger partial charge in [-0.25, -0.2) is 0 Å². The van der Waals surface area contributed by atoms with E-state index in [9.17, 15) is 4.79 Å². The van der Waals surface area contributed by atoms with Crippen molar-refractivity contribution in [3.8, 4) is 11.8 Å². The highest BCUT2D eigenvalue weighted by molar-refractivity contribution is 5.94. The van der Waals surface area contributed by atoms with Crippen LogP contribution in [-0.2, 0) is 4.74 Å². The quantitative estimate of drug-likeness (QED) is 0.810. The molecule has 1 aromatic rings. The molecule has 0 spiro atoms. The first-order valence-electron chi connectivity index (χ1n) is 7.26. The lowest BCUT2D eigenvalue weighted by molar-refractivity contribution is 0.0680. The fourth-order valence-electron chi connectivity index (χ4n) is 2.11. The van der Waals surface area contributed by atoms with Crippen molar-refractivity contribution in [2.45, 2.75) is 25.3 Å². The Hall–Kier alpha value is -1.83. The van der Waals surface area contributed by atoms with E-state index in [1.54, 1.807) is 7.11 Å². The van der Waals surface area contributed by atoms with Crippen LogP contribution in [0.15, 0.2) is 24.3 Å². The average Bonchev–Trinajstić information content (AvgIpc) is 3.33. The van der Waals surface area contributed by atoms with Crippen molar-refractivity contribution in [3.63, 3.8) is 0 Å². The normalized spacial score (nSPS) is 13.4. The zero-order valence-electron chi connectivity index (χ0n) is 12.3. The maximum Gasteiger partial charge on any atom is 0.254 e. The summed E-state index contributed by atoms with van der Waals surface area (Å²) < 4.78 is 5.08. The van der Waals surface area contributed by atoms with Crippen LogP contribution < -0.4 is 0 Å². The van der Waals surface area contributed by atoms with E-state index in [1.165, 1.54) is 0 Å². The lowest BCUT2D eigenvalue weighted by atomic mass is 10.1. The summed E-state index contributed by atoms with van der Waals surface area (Å²) >= 11 is 0. The van der Waals surface area contributed by atoms with E-state index in [1.807, 2.05) is 29.2 Å². The van der Waals surface area contributed by atoms with Crippen molar-refractivity contribution in [1.29, 1.82) is 0 Å². The second-order valence-corrected chi connectivity index (χ2v) is 5.08. The van der Waals surface area contributed by atoms with Crippen LogP contribution in [0, 0.1) is 11.8 Å². The van der Waals surface area contributed by atoms with Gasteiger partial charge in [-0.2, -0.15) is 0 Å². The SMILES string of the molecule is COCCN(C(=O)c1ccc(C#CCCO)cc1)C1CC1. The first-order chi connectivity index (χ1) is 10.3. The summed E-state index contributed by atoms with van der Waals surface area (Å²) in [5.74, 6) is 5.88. The predicted octanol–water partition coefficient (Wildman–Crippen LogP) is 1.67. The van der Waals surface area contributed by atoms with Gasteiger partial charge in [0.2, 0.25) is 0 Å². The van der Waals surface area contributed by atoms with E-state index in [0.29, 0.717) is 31.2 Å². The molecule has 0 unspecified atom stereocenters. The molecule has 0 heterocycles. The summed E-state index contributed by atoms with van der Waals surface area (Å²) in [6.45, 7) is 1.27. The Morgan fingerprint density at radius 1 is 1.38 bits per heavy atom. The van der Waals surface area contributed by atoms with Gasteiger partial charge in [-0.15, -0.1) is 0 Å². The van der Waals surface area contributed by atoms with Crippen LogP contribution in [0.3, 0.4) is 0 Å². The fraction of sp³-hybridized carbons (Fsp3) is 0.471. The number of hydrogen-bond acceptors (Lipinski definition) is 3. The molecule has 0 aromatic heterocycles. The van der Waals surface area contributed by atoms with Crippen LogP contribution in [-0.4, -0.2) is 48.8 Å². The number of ether oxygens (including phenoxy) is 1. The molecule has 1 amide bonds. The first-order valence-corrected chi connectivity index (χ1v) is 7.26. The Labute approximate surface area is 125 Å². The van der Waals surface area contributed by atoms with Gasteiger partial charge in [0.1, 0.15) is 0 Å². The number of rotatable bonds is 6. The zero-order valence-corrected chi connectivity index (χ0v) is 12.3. The molecule has 0 saturated heterocycles. The van der Waals surface area contributed by atoms with Gasteiger partial charge in [-0.1, -0.05) is 11.8 Å². The Kier molecular flexibility index (Phi) is 5.79. The maximum atomic E-state index is 12.5. The minimum atomic E-state index is 0.0596. The number of hydrogen-bond donors (Lipinski definition) is 1. The summed E-state index contributed by atoms with van der Waals surface area (Å²) in [5, 5.41) is 8.69. The summed E-state index contributed by atoms with van der Waals surface area (Å²) in [6.07, 6.45) is 2.63. The van der Waals surface area contributed by atoms with Gasteiger partial charge in [0.05, 0.1) is 13.2 Å². The third-order valence-corrected chi connectivity index (χ3v) is 3.39. The van der Waals surface area contributed by atoms with Gasteiger partial charge in [-0.05, 0) is 37.1 Å². The van der Waals surface area contributed by atoms with Crippen molar-refractivity contribution in [3.05, 3.63) is 35.4 Å². The second-order valence-electron chi connectivity index (χ2n) is 5.08. The molecule has 0 bridgehead atoms. The average molecular weight is 287 g/mol. The zero-order chi connectivity index (χ0) is 15.1. The van der Waals surface area contributed by atoms with Crippen LogP contribution in [0.5, 0.6) is 0 Å². The highest BCUT2D eigenvalue weighted by atomic mass is 16.5. The third kappa shape index (κ3) is 4.59. The van der Waals surface area contributed by atoms with Gasteiger partial charge in [0.25, 0.3) is 5.91 Å². The van der Waals surface area contributed by atoms with E-state index in [4.69, 9.17) is 9.84 Å². The Bertz CT molecular complexity index is 523. The van der Waals surface area contributed by atoms with Gasteiger partial charge in [0.15, 0.2) is 0 Å². The topological polar surface area (TPSA) is 49.8 Å². The molecule has 1 aliphatic rings. The molecule has 0 radical (unpaired) electrons. The monoisotopic (exact) mass is 287 g/mol. The molecule has 1 saturated carbocycles. The second kappa shape index (κ2) is 7.82. The minimum absolute atomic E-state index is 0.0596. The smallest absolute Gasteiger partial charge is 0.254 e. The molecule has 1 fully saturated rings. The van der Waals surface area contributed by atoms with E-state index >= 15 is 0 Å². The van der Waals surface area contributed by atoms with Crippen LogP contribution in [0.2, 0.25) is 0 Å². The molecule has 4 heteroatoms. The van der Waals surface area contributed by atoms with Gasteiger partial charge in [-0.3, -0.25) is 4.79 Å². The van der Waals surface area contributed by atoms with Crippen molar-refractivity contribution in [2.75, 3.05) is 26.9 Å². The number of benzene rings is 1. The van der Waals surface area contributed by atoms with Crippen LogP contribution in [0.1, 0.15) is 35.2 Å². The Balaban J connectivity index is 2.03. The van der Waals surface area contributed by atoms with E-state index in [-0.39, 0.29) is 12.5 Å². The fourth-order valence-corrected chi connectivity index (χ4v) is 2.11. The molecule has 112 valence electrons. The van der Waals surface area contributed by atoms with Crippen LogP contribution >= 0.6 is 0 Å². The third-order valence-electron chi connectivity index (χ3n) is 3.39. The maximum absolute atomic E-state index is 12.5. The first kappa shape index (κ1) is 15.6.